The highest BCUT2D eigenvalue weighted by Gasteiger charge is 2.15. The van der Waals surface area contributed by atoms with E-state index in [1.54, 1.807) is 12.1 Å². The summed E-state index contributed by atoms with van der Waals surface area (Å²) in [6.45, 7) is 0.202. The predicted octanol–water partition coefficient (Wildman–Crippen LogP) is 1.91. The van der Waals surface area contributed by atoms with Crippen molar-refractivity contribution in [1.29, 1.82) is 0 Å². The summed E-state index contributed by atoms with van der Waals surface area (Å²) in [5, 5.41) is 1.16. The number of halogens is 1. The zero-order valence-electron chi connectivity index (χ0n) is 7.54. The summed E-state index contributed by atoms with van der Waals surface area (Å²) < 4.78 is 10.4. The third-order valence-electron chi connectivity index (χ3n) is 2.29. The van der Waals surface area contributed by atoms with Crippen LogP contribution >= 0.6 is 11.6 Å². The van der Waals surface area contributed by atoms with Gasteiger partial charge in [0.25, 0.3) is 0 Å². The molecule has 0 atom stereocenters. The van der Waals surface area contributed by atoms with Crippen molar-refractivity contribution < 1.29 is 9.47 Å². The van der Waals surface area contributed by atoms with Gasteiger partial charge >= 0.3 is 0 Å². The number of hydrogen-bond donors (Lipinski definition) is 1. The van der Waals surface area contributed by atoms with Crippen molar-refractivity contribution >= 4 is 22.5 Å². The van der Waals surface area contributed by atoms with Gasteiger partial charge < -0.3 is 14.5 Å². The average molecular weight is 224 g/mol. The summed E-state index contributed by atoms with van der Waals surface area (Å²) in [7, 11) is 0. The lowest BCUT2D eigenvalue weighted by Gasteiger charge is -2.01. The second-order valence-corrected chi connectivity index (χ2v) is 3.64. The Hall–Kier alpha value is -1.68. The van der Waals surface area contributed by atoms with Gasteiger partial charge in [-0.1, -0.05) is 11.6 Å². The van der Waals surface area contributed by atoms with E-state index in [1.807, 2.05) is 0 Å². The van der Waals surface area contributed by atoms with Crippen LogP contribution in [-0.4, -0.2) is 11.8 Å². The van der Waals surface area contributed by atoms with Gasteiger partial charge in [0.1, 0.15) is 0 Å². The fraction of sp³-hybridized carbons (Fsp3) is 0.100. The molecule has 0 bridgehead atoms. The Balaban J connectivity index is 2.43. The molecular formula is C10H6ClNO3. The van der Waals surface area contributed by atoms with Crippen LogP contribution in [0.15, 0.2) is 23.0 Å². The molecule has 0 saturated heterocycles. The van der Waals surface area contributed by atoms with Crippen LogP contribution in [0.2, 0.25) is 5.02 Å². The fourth-order valence-electron chi connectivity index (χ4n) is 1.60. The summed E-state index contributed by atoms with van der Waals surface area (Å²) in [5.41, 5.74) is 0.420. The van der Waals surface area contributed by atoms with Gasteiger partial charge in [-0.25, -0.2) is 0 Å². The number of ether oxygens (including phenoxy) is 2. The lowest BCUT2D eigenvalue weighted by atomic mass is 10.2. The maximum Gasteiger partial charge on any atom is 0.249 e. The first-order valence-corrected chi connectivity index (χ1v) is 4.74. The lowest BCUT2D eigenvalue weighted by Crippen LogP contribution is -2.03. The fourth-order valence-corrected chi connectivity index (χ4v) is 1.86. The Morgan fingerprint density at radius 1 is 1.20 bits per heavy atom. The van der Waals surface area contributed by atoms with Crippen molar-refractivity contribution in [1.82, 2.24) is 4.98 Å². The lowest BCUT2D eigenvalue weighted by molar-refractivity contribution is 0.174. The molecule has 0 spiro atoms. The number of nitrogens with one attached hydrogen (secondary N) is 1. The van der Waals surface area contributed by atoms with Gasteiger partial charge in [-0.2, -0.15) is 0 Å². The number of fused-ring (bicyclic) bond motifs is 2. The summed E-state index contributed by atoms with van der Waals surface area (Å²) in [6.07, 6.45) is 0. The second kappa shape index (κ2) is 2.90. The molecule has 2 aromatic rings. The molecule has 0 unspecified atom stereocenters. The summed E-state index contributed by atoms with van der Waals surface area (Å²) in [6, 6.07) is 4.81. The molecule has 1 aromatic heterocycles. The number of pyridine rings is 1. The molecule has 1 N–H and O–H groups in total. The van der Waals surface area contributed by atoms with Crippen molar-refractivity contribution in [3.8, 4) is 11.5 Å². The van der Waals surface area contributed by atoms with Crippen molar-refractivity contribution in [3.63, 3.8) is 0 Å². The highest BCUT2D eigenvalue weighted by atomic mass is 35.5. The minimum atomic E-state index is -0.230. The minimum Gasteiger partial charge on any atom is -0.454 e. The molecule has 1 aliphatic rings. The standard InChI is InChI=1S/C10H6ClNO3/c11-6-2-10(13)12-7-3-9-8(1-5(6)7)14-4-15-9/h1-3H,4H2,(H,12,13). The van der Waals surface area contributed by atoms with E-state index in [0.717, 1.165) is 5.39 Å². The Kier molecular flexibility index (Phi) is 1.67. The van der Waals surface area contributed by atoms with Crippen molar-refractivity contribution in [2.45, 2.75) is 0 Å². The highest BCUT2D eigenvalue weighted by Crippen LogP contribution is 2.36. The van der Waals surface area contributed by atoms with Crippen LogP contribution in [0, 0.1) is 0 Å². The first-order valence-electron chi connectivity index (χ1n) is 4.36. The van der Waals surface area contributed by atoms with Gasteiger partial charge in [0, 0.05) is 17.5 Å². The number of aromatic amines is 1. The minimum absolute atomic E-state index is 0.202. The molecule has 0 radical (unpaired) electrons. The summed E-state index contributed by atoms with van der Waals surface area (Å²) in [4.78, 5) is 13.9. The number of aromatic nitrogens is 1. The third kappa shape index (κ3) is 1.26. The molecule has 2 heterocycles. The van der Waals surface area contributed by atoms with E-state index in [2.05, 4.69) is 4.98 Å². The highest BCUT2D eigenvalue weighted by molar-refractivity contribution is 6.35. The molecule has 0 amide bonds. The van der Waals surface area contributed by atoms with E-state index in [1.165, 1.54) is 6.07 Å². The van der Waals surface area contributed by atoms with Gasteiger partial charge in [0.2, 0.25) is 12.4 Å². The number of rotatable bonds is 0. The Morgan fingerprint density at radius 2 is 1.93 bits per heavy atom. The third-order valence-corrected chi connectivity index (χ3v) is 2.60. The van der Waals surface area contributed by atoms with Crippen LogP contribution < -0.4 is 15.0 Å². The van der Waals surface area contributed by atoms with Crippen LogP contribution in [0.1, 0.15) is 0 Å². The van der Waals surface area contributed by atoms with Crippen LogP contribution in [0.3, 0.4) is 0 Å². The summed E-state index contributed by atoms with van der Waals surface area (Å²) >= 11 is 5.95. The van der Waals surface area contributed by atoms with Crippen LogP contribution in [0.25, 0.3) is 10.9 Å². The van der Waals surface area contributed by atoms with E-state index >= 15 is 0 Å². The zero-order chi connectivity index (χ0) is 10.4. The largest absolute Gasteiger partial charge is 0.454 e. The Bertz CT molecular complexity index is 605. The van der Waals surface area contributed by atoms with E-state index in [0.29, 0.717) is 22.0 Å². The van der Waals surface area contributed by atoms with Crippen LogP contribution in [-0.2, 0) is 0 Å². The molecule has 15 heavy (non-hydrogen) atoms. The molecule has 0 saturated carbocycles. The van der Waals surface area contributed by atoms with E-state index in [9.17, 15) is 4.79 Å². The predicted molar refractivity (Wildman–Crippen MR) is 55.7 cm³/mol. The van der Waals surface area contributed by atoms with E-state index in [4.69, 9.17) is 21.1 Å². The van der Waals surface area contributed by atoms with Crippen molar-refractivity contribution in [3.05, 3.63) is 33.6 Å². The van der Waals surface area contributed by atoms with E-state index < -0.39 is 0 Å². The molecule has 3 rings (SSSR count). The van der Waals surface area contributed by atoms with Crippen LogP contribution in [0.5, 0.6) is 11.5 Å². The maximum atomic E-state index is 11.2. The smallest absolute Gasteiger partial charge is 0.249 e. The Labute approximate surface area is 89.4 Å². The quantitative estimate of drug-likeness (QED) is 0.742. The molecule has 0 aliphatic carbocycles. The van der Waals surface area contributed by atoms with Crippen molar-refractivity contribution in [2.75, 3.05) is 6.79 Å². The number of hydrogen-bond acceptors (Lipinski definition) is 3. The average Bonchev–Trinajstić information content (AvgIpc) is 2.61. The van der Waals surface area contributed by atoms with Gasteiger partial charge in [-0.15, -0.1) is 0 Å². The molecule has 76 valence electrons. The molecular weight excluding hydrogens is 218 g/mol. The Morgan fingerprint density at radius 3 is 2.73 bits per heavy atom. The van der Waals surface area contributed by atoms with Gasteiger partial charge in [-0.05, 0) is 6.07 Å². The zero-order valence-corrected chi connectivity index (χ0v) is 8.30. The SMILES string of the molecule is O=c1cc(Cl)c2cc3c(cc2[nH]1)OCO3. The van der Waals surface area contributed by atoms with Gasteiger partial charge in [0.05, 0.1) is 10.5 Å². The van der Waals surface area contributed by atoms with Gasteiger partial charge in [-0.3, -0.25) is 4.79 Å². The molecule has 4 nitrogen and oxygen atoms in total. The summed E-state index contributed by atoms with van der Waals surface area (Å²) in [5.74, 6) is 1.27. The number of benzene rings is 1. The monoisotopic (exact) mass is 223 g/mol. The van der Waals surface area contributed by atoms with Crippen LogP contribution in [0.4, 0.5) is 0 Å². The van der Waals surface area contributed by atoms with Gasteiger partial charge in [0.15, 0.2) is 11.5 Å². The molecule has 5 heteroatoms. The normalized spacial score (nSPS) is 13.4. The first-order chi connectivity index (χ1) is 7.24. The maximum absolute atomic E-state index is 11.2. The molecule has 1 aliphatic heterocycles. The second-order valence-electron chi connectivity index (χ2n) is 3.23. The molecule has 1 aromatic carbocycles. The first kappa shape index (κ1) is 8.61. The molecule has 0 fully saturated rings. The van der Waals surface area contributed by atoms with E-state index in [-0.39, 0.29) is 12.4 Å². The van der Waals surface area contributed by atoms with Crippen molar-refractivity contribution in [2.24, 2.45) is 0 Å². The topological polar surface area (TPSA) is 51.3 Å². The number of H-pyrrole nitrogens is 1.